The van der Waals surface area contributed by atoms with Crippen LogP contribution in [0.3, 0.4) is 0 Å². The minimum absolute atomic E-state index is 0. The number of nitrogens with zero attached hydrogens (tertiary/aromatic N) is 2. The van der Waals surface area contributed by atoms with Gasteiger partial charge in [-0.25, -0.2) is 0 Å². The van der Waals surface area contributed by atoms with E-state index < -0.39 is 114 Å². The first-order valence-electron chi connectivity index (χ1n) is 18.0. The number of thiophene rings is 1. The molecule has 1 N–H and O–H groups in total. The van der Waals surface area contributed by atoms with Crippen molar-refractivity contribution in [3.63, 3.8) is 0 Å². The van der Waals surface area contributed by atoms with E-state index in [2.05, 4.69) is 0 Å². The van der Waals surface area contributed by atoms with Gasteiger partial charge in [-0.05, 0) is 63.8 Å². The molecule has 1 amide bonds. The van der Waals surface area contributed by atoms with Gasteiger partial charge < -0.3 is 15.3 Å². The van der Waals surface area contributed by atoms with Crippen LogP contribution in [0.2, 0.25) is 1.41 Å². The SMILES string of the molecule is [2H]C(N([2H])C(=O)c1c([O-])c2ccsc2n(C([2H])(C([2H])([2H])[2H])C([2H])([2H])[2H])c1=O)C([2H])([2H])C([2H])N1C([2H])([2H])C([2H])([2H])C([2H])([2H])C([2H])([2H])C1([2H])[2H].[K+]. The van der Waals surface area contributed by atoms with Crippen LogP contribution in [0, 0.1) is 0 Å². The van der Waals surface area contributed by atoms with Gasteiger partial charge in [-0.3, -0.25) is 14.2 Å². The second-order valence-electron chi connectivity index (χ2n) is 4.66. The third kappa shape index (κ3) is 5.23. The van der Waals surface area contributed by atoms with Gasteiger partial charge in [-0.1, -0.05) is 12.1 Å². The second kappa shape index (κ2) is 10.5. The number of hydrogen-bond donors (Lipinski definition) is 1. The molecular formula is C19H26KN3O3S. The van der Waals surface area contributed by atoms with Crippen LogP contribution in [0.1, 0.15) is 84.4 Å². The van der Waals surface area contributed by atoms with E-state index in [1.165, 1.54) is 0 Å². The minimum atomic E-state index is -4.05. The molecular weight excluding hydrogens is 389 g/mol. The van der Waals surface area contributed by atoms with Crippen molar-refractivity contribution < 1.29 is 91.5 Å². The van der Waals surface area contributed by atoms with Gasteiger partial charge in [0.15, 0.2) is 1.41 Å². The number of piperidine rings is 1. The molecule has 3 heterocycles. The minimum Gasteiger partial charge on any atom is -0.871 e. The van der Waals surface area contributed by atoms with Crippen LogP contribution in [0.5, 0.6) is 5.75 Å². The van der Waals surface area contributed by atoms with Crippen molar-refractivity contribution in [2.45, 2.75) is 45.2 Å². The molecule has 0 spiro atoms. The molecule has 2 aromatic rings. The average molecular weight is 438 g/mol. The predicted molar refractivity (Wildman–Crippen MR) is 103 cm³/mol. The Bertz CT molecular complexity index is 1620. The second-order valence-corrected chi connectivity index (χ2v) is 5.56. The van der Waals surface area contributed by atoms with Crippen molar-refractivity contribution in [1.29, 1.82) is 0 Å². The van der Waals surface area contributed by atoms with Crippen LogP contribution in [0.25, 0.3) is 10.2 Å². The Hall–Kier alpha value is -0.224. The monoisotopic (exact) mass is 437 g/mol. The van der Waals surface area contributed by atoms with E-state index >= 15 is 0 Å². The zero-order chi connectivity index (χ0) is 38.0. The molecule has 1 fully saturated rings. The molecule has 1 saturated heterocycles. The normalized spacial score (nSPS) is 40.6. The maximum atomic E-state index is 13.6. The molecule has 1 aliphatic rings. The number of fused-ring (bicyclic) bond motifs is 1. The Morgan fingerprint density at radius 3 is 2.96 bits per heavy atom. The molecule has 8 heteroatoms. The van der Waals surface area contributed by atoms with E-state index in [1.54, 1.807) is 0 Å². The van der Waals surface area contributed by atoms with E-state index in [1.807, 2.05) is 0 Å². The summed E-state index contributed by atoms with van der Waals surface area (Å²) in [6.45, 7) is -22.2. The number of amides is 1. The molecule has 0 bridgehead atoms. The Labute approximate surface area is 237 Å². The smallest absolute Gasteiger partial charge is 0.871 e. The van der Waals surface area contributed by atoms with Gasteiger partial charge >= 0.3 is 51.4 Å². The molecule has 1 aliphatic heterocycles. The van der Waals surface area contributed by atoms with Gasteiger partial charge in [0.25, 0.3) is 11.5 Å². The summed E-state index contributed by atoms with van der Waals surface area (Å²) in [5, 5.41) is 12.9. The number of rotatable bonds is 6. The number of carbonyl (C=O) groups excluding carboxylic acids is 1. The van der Waals surface area contributed by atoms with Crippen LogP contribution in [0.15, 0.2) is 16.2 Å². The topological polar surface area (TPSA) is 77.4 Å². The molecule has 0 aliphatic carbocycles. The van der Waals surface area contributed by atoms with Gasteiger partial charge in [0.1, 0.15) is 4.83 Å². The summed E-state index contributed by atoms with van der Waals surface area (Å²) in [4.78, 5) is 25.7. The van der Waals surface area contributed by atoms with Crippen molar-refractivity contribution in [3.05, 3.63) is 27.4 Å². The molecule has 0 saturated carbocycles. The van der Waals surface area contributed by atoms with E-state index in [-0.39, 0.29) is 56.0 Å². The summed E-state index contributed by atoms with van der Waals surface area (Å²) in [5.74, 6) is -3.76. The molecule has 0 radical (unpaired) electrons. The van der Waals surface area contributed by atoms with Gasteiger partial charge in [0.2, 0.25) is 0 Å². The summed E-state index contributed by atoms with van der Waals surface area (Å²) in [7, 11) is 0. The van der Waals surface area contributed by atoms with E-state index in [9.17, 15) is 14.7 Å². The maximum Gasteiger partial charge on any atom is 1.00 e. The quantitative estimate of drug-likeness (QED) is 0.608. The van der Waals surface area contributed by atoms with Crippen molar-refractivity contribution in [3.8, 4) is 5.75 Å². The largest absolute Gasteiger partial charge is 1.00 e. The average Bonchev–Trinajstić information content (AvgIpc) is 3.39. The fourth-order valence-electron chi connectivity index (χ4n) is 2.04. The maximum absolute atomic E-state index is 13.6. The van der Waals surface area contributed by atoms with Gasteiger partial charge in [-0.15, -0.1) is 11.3 Å². The van der Waals surface area contributed by atoms with Crippen LogP contribution in [-0.4, -0.2) is 41.4 Å². The fourth-order valence-corrected chi connectivity index (χ4v) is 2.94. The summed E-state index contributed by atoms with van der Waals surface area (Å²) >= 11 is 0.444. The molecule has 2 unspecified atom stereocenters. The van der Waals surface area contributed by atoms with Gasteiger partial charge in [-0.2, -0.15) is 0 Å². The molecule has 2 aromatic heterocycles. The van der Waals surface area contributed by atoms with Crippen molar-refractivity contribution in [2.75, 3.05) is 26.0 Å². The Morgan fingerprint density at radius 2 is 2.26 bits per heavy atom. The number of nitrogens with one attached hydrogen (secondary N) is 1. The number of likely N-dealkylation sites (tertiary alicyclic amines) is 1. The van der Waals surface area contributed by atoms with Crippen LogP contribution in [-0.2, 0) is 0 Å². The van der Waals surface area contributed by atoms with Gasteiger partial charge in [0, 0.05) is 45.3 Å². The predicted octanol–water partition coefficient (Wildman–Crippen LogP) is -0.673. The summed E-state index contributed by atoms with van der Waals surface area (Å²) in [6, 6.07) is -2.94. The molecule has 6 nitrogen and oxygen atoms in total. The summed E-state index contributed by atoms with van der Waals surface area (Å²) < 4.78 is 176. The van der Waals surface area contributed by atoms with E-state index in [4.69, 9.17) is 30.2 Å². The Kier molecular flexibility index (Phi) is 2.80. The Balaban J connectivity index is 0.00000833. The molecule has 0 aromatic carbocycles. The van der Waals surface area contributed by atoms with E-state index in [0.29, 0.717) is 11.3 Å². The molecule has 27 heavy (non-hydrogen) atoms. The zero-order valence-electron chi connectivity index (χ0n) is 35.8. The summed E-state index contributed by atoms with van der Waals surface area (Å²) in [5.41, 5.74) is -3.78. The molecule has 142 valence electrons. The number of carbonyl (C=O) groups is 1. The van der Waals surface area contributed by atoms with Crippen LogP contribution < -0.4 is 67.4 Å². The van der Waals surface area contributed by atoms with E-state index in [0.717, 1.165) is 11.4 Å². The van der Waals surface area contributed by atoms with Crippen LogP contribution >= 0.6 is 11.3 Å². The van der Waals surface area contributed by atoms with Crippen molar-refractivity contribution in [2.24, 2.45) is 0 Å². The standard InChI is InChI=1S/C19H27N3O3S.K/c1-13(2)22-18(25)15(16(23)14-7-12-26-19(14)22)17(24)20-8-6-11-21-9-4-3-5-10-21;/h7,12-13,23H,3-6,8-11H2,1-2H3,(H,20,24);/q;+1/p-1/i1D3,2D3,3D2,4D2,5D2,6D2,8D,9D2,10D2,11D,13D;/hD. The molecule has 2 atom stereocenters. The molecule has 3 rings (SSSR count). The first-order valence-corrected chi connectivity index (χ1v) is 7.74. The third-order valence-corrected chi connectivity index (χ3v) is 4.01. The number of hydrogen-bond acceptors (Lipinski definition) is 5. The first kappa shape index (κ1) is 7.18. The number of aromatic nitrogens is 1. The Morgan fingerprint density at radius 1 is 1.52 bits per heavy atom. The van der Waals surface area contributed by atoms with Crippen molar-refractivity contribution in [1.82, 2.24) is 14.8 Å². The van der Waals surface area contributed by atoms with Gasteiger partial charge in [0.05, 0.1) is 6.93 Å². The first-order chi connectivity index (χ1) is 21.1. The zero-order valence-corrected chi connectivity index (χ0v) is 17.7. The fraction of sp³-hybridized carbons (Fsp3) is 0.579. The third-order valence-electron chi connectivity index (χ3n) is 3.11. The van der Waals surface area contributed by atoms with Crippen LogP contribution in [0.4, 0.5) is 0 Å². The number of pyridine rings is 1. The van der Waals surface area contributed by atoms with Crippen molar-refractivity contribution >= 4 is 27.5 Å². The summed E-state index contributed by atoms with van der Waals surface area (Å²) in [6.07, 6.45) is -15.9.